The molecule has 1 N–H and O–H groups in total. The summed E-state index contributed by atoms with van der Waals surface area (Å²) in [7, 11) is 0. The molecule has 0 spiro atoms. The number of anilines is 1. The number of rotatable bonds is 2. The van der Waals surface area contributed by atoms with Gasteiger partial charge in [0.15, 0.2) is 5.82 Å². The average molecular weight is 282 g/mol. The Morgan fingerprint density at radius 3 is 2.56 bits per heavy atom. The van der Waals surface area contributed by atoms with Gasteiger partial charge in [-0.2, -0.15) is 0 Å². The molecule has 0 radical (unpaired) electrons. The van der Waals surface area contributed by atoms with Gasteiger partial charge in [-0.15, -0.1) is 0 Å². The van der Waals surface area contributed by atoms with E-state index >= 15 is 0 Å². The van der Waals surface area contributed by atoms with Gasteiger partial charge in [-0.3, -0.25) is 4.79 Å². The molecule has 2 rings (SSSR count). The molecule has 1 heterocycles. The first kappa shape index (κ1) is 12.8. The Labute approximate surface area is 114 Å². The van der Waals surface area contributed by atoms with Gasteiger partial charge in [-0.1, -0.05) is 23.2 Å². The quantitative estimate of drug-likeness (QED) is 0.919. The normalized spacial score (nSPS) is 10.2. The van der Waals surface area contributed by atoms with Crippen LogP contribution in [0.1, 0.15) is 15.9 Å². The molecular weight excluding hydrogens is 273 g/mol. The van der Waals surface area contributed by atoms with E-state index in [0.717, 1.165) is 5.56 Å². The minimum Gasteiger partial charge on any atom is -0.305 e. The topological polar surface area (TPSA) is 54.9 Å². The van der Waals surface area contributed by atoms with Gasteiger partial charge in [0.2, 0.25) is 0 Å². The van der Waals surface area contributed by atoms with Crippen LogP contribution in [0.15, 0.2) is 30.6 Å². The lowest BCUT2D eigenvalue weighted by Gasteiger charge is -2.05. The van der Waals surface area contributed by atoms with Crippen LogP contribution in [0.4, 0.5) is 5.82 Å². The van der Waals surface area contributed by atoms with E-state index < -0.39 is 0 Å². The zero-order valence-electron chi connectivity index (χ0n) is 9.45. The van der Waals surface area contributed by atoms with Crippen LogP contribution in [0.2, 0.25) is 10.2 Å². The molecule has 0 saturated heterocycles. The van der Waals surface area contributed by atoms with E-state index in [0.29, 0.717) is 16.4 Å². The second-order valence-electron chi connectivity index (χ2n) is 3.70. The highest BCUT2D eigenvalue weighted by Crippen LogP contribution is 2.15. The molecule has 0 unspecified atom stereocenters. The van der Waals surface area contributed by atoms with Gasteiger partial charge in [0.1, 0.15) is 5.15 Å². The molecule has 6 heteroatoms. The van der Waals surface area contributed by atoms with E-state index in [1.165, 1.54) is 12.4 Å². The molecule has 18 heavy (non-hydrogen) atoms. The van der Waals surface area contributed by atoms with E-state index in [1.807, 2.05) is 6.92 Å². The lowest BCUT2D eigenvalue weighted by atomic mass is 10.1. The average Bonchev–Trinajstić information content (AvgIpc) is 2.31. The molecule has 0 aliphatic carbocycles. The van der Waals surface area contributed by atoms with Gasteiger partial charge in [0, 0.05) is 10.6 Å². The van der Waals surface area contributed by atoms with E-state index in [-0.39, 0.29) is 11.1 Å². The SMILES string of the molecule is Cc1cc(Cl)cc(C(=O)Nc2cnc(Cl)cn2)c1. The molecule has 1 amide bonds. The van der Waals surface area contributed by atoms with Gasteiger partial charge >= 0.3 is 0 Å². The highest BCUT2D eigenvalue weighted by Gasteiger charge is 2.08. The Balaban J connectivity index is 2.19. The first-order valence-electron chi connectivity index (χ1n) is 5.11. The van der Waals surface area contributed by atoms with E-state index in [2.05, 4.69) is 15.3 Å². The van der Waals surface area contributed by atoms with Crippen molar-refractivity contribution in [1.82, 2.24) is 9.97 Å². The lowest BCUT2D eigenvalue weighted by Crippen LogP contribution is -2.13. The predicted octanol–water partition coefficient (Wildman–Crippen LogP) is 3.34. The summed E-state index contributed by atoms with van der Waals surface area (Å²) in [6, 6.07) is 5.11. The fourth-order valence-electron chi connectivity index (χ4n) is 1.43. The summed E-state index contributed by atoms with van der Waals surface area (Å²) in [4.78, 5) is 19.7. The molecule has 0 aliphatic heterocycles. The number of hydrogen-bond donors (Lipinski definition) is 1. The Morgan fingerprint density at radius 2 is 1.94 bits per heavy atom. The van der Waals surface area contributed by atoms with Crippen molar-refractivity contribution in [3.8, 4) is 0 Å². The third-order valence-electron chi connectivity index (χ3n) is 2.17. The fourth-order valence-corrected chi connectivity index (χ4v) is 1.82. The number of nitrogens with zero attached hydrogens (tertiary/aromatic N) is 2. The molecule has 92 valence electrons. The third kappa shape index (κ3) is 3.18. The molecule has 1 aromatic heterocycles. The summed E-state index contributed by atoms with van der Waals surface area (Å²) in [5, 5.41) is 3.40. The summed E-state index contributed by atoms with van der Waals surface area (Å²) in [5.74, 6) is 0.0410. The zero-order valence-corrected chi connectivity index (χ0v) is 11.0. The van der Waals surface area contributed by atoms with E-state index in [4.69, 9.17) is 23.2 Å². The molecule has 4 nitrogen and oxygen atoms in total. The monoisotopic (exact) mass is 281 g/mol. The zero-order chi connectivity index (χ0) is 13.1. The minimum atomic E-state index is -0.294. The van der Waals surface area contributed by atoms with Crippen LogP contribution in [0.3, 0.4) is 0 Å². The van der Waals surface area contributed by atoms with Crippen molar-refractivity contribution in [1.29, 1.82) is 0 Å². The smallest absolute Gasteiger partial charge is 0.256 e. The molecule has 0 atom stereocenters. The molecule has 2 aromatic rings. The van der Waals surface area contributed by atoms with Crippen molar-refractivity contribution >= 4 is 34.9 Å². The van der Waals surface area contributed by atoms with Crippen LogP contribution >= 0.6 is 23.2 Å². The fraction of sp³-hybridized carbons (Fsp3) is 0.0833. The van der Waals surface area contributed by atoms with Gasteiger partial charge in [0.05, 0.1) is 12.4 Å². The van der Waals surface area contributed by atoms with Crippen molar-refractivity contribution < 1.29 is 4.79 Å². The number of amides is 1. The molecule has 0 bridgehead atoms. The van der Waals surface area contributed by atoms with Crippen LogP contribution in [0.5, 0.6) is 0 Å². The highest BCUT2D eigenvalue weighted by atomic mass is 35.5. The van der Waals surface area contributed by atoms with E-state index in [1.54, 1.807) is 18.2 Å². The van der Waals surface area contributed by atoms with Crippen LogP contribution in [0.25, 0.3) is 0 Å². The second kappa shape index (κ2) is 5.33. The number of carbonyl (C=O) groups is 1. The predicted molar refractivity (Wildman–Crippen MR) is 71.2 cm³/mol. The Bertz CT molecular complexity index is 564. The van der Waals surface area contributed by atoms with Crippen molar-refractivity contribution in [2.45, 2.75) is 6.92 Å². The van der Waals surface area contributed by atoms with Gasteiger partial charge < -0.3 is 5.32 Å². The maximum absolute atomic E-state index is 11.9. The number of aryl methyl sites for hydroxylation is 1. The first-order chi connectivity index (χ1) is 8.54. The van der Waals surface area contributed by atoms with Crippen LogP contribution in [0, 0.1) is 6.92 Å². The van der Waals surface area contributed by atoms with Crippen LogP contribution < -0.4 is 5.32 Å². The number of aromatic nitrogens is 2. The number of carbonyl (C=O) groups excluding carboxylic acids is 1. The summed E-state index contributed by atoms with van der Waals surface area (Å²) in [5.41, 5.74) is 1.38. The maximum atomic E-state index is 11.9. The second-order valence-corrected chi connectivity index (χ2v) is 4.52. The van der Waals surface area contributed by atoms with Crippen LogP contribution in [-0.2, 0) is 0 Å². The standard InChI is InChI=1S/C12H9Cl2N3O/c1-7-2-8(4-9(13)3-7)12(18)17-11-6-15-10(14)5-16-11/h2-6H,1H3,(H,16,17,18). The molecule has 0 aliphatic rings. The molecule has 0 fully saturated rings. The summed E-state index contributed by atoms with van der Waals surface area (Å²) >= 11 is 11.5. The lowest BCUT2D eigenvalue weighted by molar-refractivity contribution is 0.102. The van der Waals surface area contributed by atoms with Crippen molar-refractivity contribution in [2.75, 3.05) is 5.32 Å². The maximum Gasteiger partial charge on any atom is 0.256 e. The van der Waals surface area contributed by atoms with Gasteiger partial charge in [-0.25, -0.2) is 9.97 Å². The Kier molecular flexibility index (Phi) is 3.79. The first-order valence-corrected chi connectivity index (χ1v) is 5.86. The Morgan fingerprint density at radius 1 is 1.17 bits per heavy atom. The molecular formula is C12H9Cl2N3O. The highest BCUT2D eigenvalue weighted by molar-refractivity contribution is 6.31. The summed E-state index contributed by atoms with van der Waals surface area (Å²) < 4.78 is 0. The molecule has 1 aromatic carbocycles. The summed E-state index contributed by atoms with van der Waals surface area (Å²) in [6.07, 6.45) is 2.75. The largest absolute Gasteiger partial charge is 0.305 e. The van der Waals surface area contributed by atoms with Crippen LogP contribution in [-0.4, -0.2) is 15.9 Å². The summed E-state index contributed by atoms with van der Waals surface area (Å²) in [6.45, 7) is 1.87. The number of halogens is 2. The number of benzene rings is 1. The number of hydrogen-bond acceptors (Lipinski definition) is 3. The van der Waals surface area contributed by atoms with Crippen molar-refractivity contribution in [3.63, 3.8) is 0 Å². The minimum absolute atomic E-state index is 0.270. The van der Waals surface area contributed by atoms with Crippen molar-refractivity contribution in [2.24, 2.45) is 0 Å². The van der Waals surface area contributed by atoms with Gasteiger partial charge in [0.25, 0.3) is 5.91 Å². The number of nitrogens with one attached hydrogen (secondary N) is 1. The van der Waals surface area contributed by atoms with Gasteiger partial charge in [-0.05, 0) is 30.7 Å². The van der Waals surface area contributed by atoms with Crippen molar-refractivity contribution in [3.05, 3.63) is 51.9 Å². The Hall–Kier alpha value is -1.65. The van der Waals surface area contributed by atoms with E-state index in [9.17, 15) is 4.79 Å². The molecule has 0 saturated carbocycles. The third-order valence-corrected chi connectivity index (χ3v) is 2.58.